The average molecular weight is 375 g/mol. The van der Waals surface area contributed by atoms with Crippen molar-refractivity contribution in [2.24, 2.45) is 11.8 Å². The molecule has 2 aliphatic rings. The molecule has 1 aromatic rings. The largest absolute Gasteiger partial charge is 0.131 e. The Morgan fingerprint density at radius 1 is 1.12 bits per heavy atom. The van der Waals surface area contributed by atoms with E-state index in [0.717, 1.165) is 0 Å². The van der Waals surface area contributed by atoms with E-state index in [2.05, 4.69) is 74.4 Å². The highest BCUT2D eigenvalue weighted by molar-refractivity contribution is 9.10. The lowest BCUT2D eigenvalue weighted by Gasteiger charge is -2.43. The van der Waals surface area contributed by atoms with Gasteiger partial charge in [-0.05, 0) is 11.1 Å². The first-order valence-electron chi connectivity index (χ1n) is 5.58. The number of alkyl halides is 3. The molecule has 0 spiro atoms. The van der Waals surface area contributed by atoms with Crippen LogP contribution in [0.15, 0.2) is 48.6 Å². The van der Waals surface area contributed by atoms with Crippen molar-refractivity contribution in [1.29, 1.82) is 0 Å². The van der Waals surface area contributed by atoms with E-state index in [4.69, 9.17) is 11.6 Å². The summed E-state index contributed by atoms with van der Waals surface area (Å²) in [4.78, 5) is 0.328. The lowest BCUT2D eigenvalue weighted by Crippen LogP contribution is -2.36. The molecule has 3 heteroatoms. The molecular formula is C14H11Br2Cl. The van der Waals surface area contributed by atoms with Crippen molar-refractivity contribution in [1.82, 2.24) is 0 Å². The molecule has 0 unspecified atom stereocenters. The smallest absolute Gasteiger partial charge is 0.101 e. The molecule has 0 heterocycles. The molecule has 0 N–H and O–H groups in total. The number of hydrogen-bond donors (Lipinski definition) is 0. The third-order valence-corrected chi connectivity index (χ3v) is 6.07. The minimum absolute atomic E-state index is 0.272. The molecule has 1 aromatic carbocycles. The highest BCUT2D eigenvalue weighted by atomic mass is 79.9. The van der Waals surface area contributed by atoms with Crippen molar-refractivity contribution in [2.45, 2.75) is 8.61 Å². The minimum atomic E-state index is -0.500. The number of allylic oxidation sites excluding steroid dienone is 4. The molecule has 2 aliphatic carbocycles. The van der Waals surface area contributed by atoms with Gasteiger partial charge in [-0.1, -0.05) is 80.4 Å². The lowest BCUT2D eigenvalue weighted by molar-refractivity contribution is 0.405. The van der Waals surface area contributed by atoms with Crippen molar-refractivity contribution < 1.29 is 0 Å². The summed E-state index contributed by atoms with van der Waals surface area (Å²) < 4.78 is -0.500. The summed E-state index contributed by atoms with van der Waals surface area (Å²) in [5.74, 6) is 0.667. The van der Waals surface area contributed by atoms with Gasteiger partial charge in [-0.25, -0.2) is 0 Å². The fourth-order valence-electron chi connectivity index (χ4n) is 2.69. The van der Waals surface area contributed by atoms with Crippen LogP contribution in [-0.2, 0) is 3.78 Å². The number of halogens is 3. The van der Waals surface area contributed by atoms with Gasteiger partial charge in [0.15, 0.2) is 0 Å². The van der Waals surface area contributed by atoms with E-state index in [0.29, 0.717) is 10.7 Å². The van der Waals surface area contributed by atoms with Crippen molar-refractivity contribution in [2.75, 3.05) is 0 Å². The van der Waals surface area contributed by atoms with E-state index in [1.165, 1.54) is 11.1 Å². The molecular weight excluding hydrogens is 363 g/mol. The maximum absolute atomic E-state index is 6.75. The molecule has 4 atom stereocenters. The maximum Gasteiger partial charge on any atom is 0.131 e. The van der Waals surface area contributed by atoms with Crippen molar-refractivity contribution in [3.63, 3.8) is 0 Å². The Balaban J connectivity index is 2.21. The summed E-state index contributed by atoms with van der Waals surface area (Å²) in [7, 11) is 0. The third kappa shape index (κ3) is 1.76. The highest BCUT2D eigenvalue weighted by Gasteiger charge is 2.47. The fraction of sp³-hybridized carbons (Fsp3) is 0.286. The Labute approximate surface area is 123 Å². The summed E-state index contributed by atoms with van der Waals surface area (Å²) in [6.07, 6.45) is 8.60. The predicted octanol–water partition coefficient (Wildman–Crippen LogP) is 5.28. The molecule has 0 nitrogen and oxygen atoms in total. The normalized spacial score (nSPS) is 38.6. The number of rotatable bonds is 0. The fourth-order valence-corrected chi connectivity index (χ4v) is 4.81. The molecule has 17 heavy (non-hydrogen) atoms. The molecule has 3 rings (SSSR count). The van der Waals surface area contributed by atoms with E-state index < -0.39 is 3.78 Å². The Hall–Kier alpha value is -0.0500. The van der Waals surface area contributed by atoms with Crippen LogP contribution in [0.4, 0.5) is 0 Å². The van der Waals surface area contributed by atoms with Gasteiger partial charge in [0.25, 0.3) is 0 Å². The predicted molar refractivity (Wildman–Crippen MR) is 79.8 cm³/mol. The Morgan fingerprint density at radius 2 is 1.82 bits per heavy atom. The number of fused-ring (bicyclic) bond motifs is 2. The monoisotopic (exact) mass is 372 g/mol. The Kier molecular flexibility index (Phi) is 3.00. The second kappa shape index (κ2) is 4.25. The van der Waals surface area contributed by atoms with Gasteiger partial charge >= 0.3 is 0 Å². The average Bonchev–Trinajstić information content (AvgIpc) is 2.37. The number of hydrogen-bond acceptors (Lipinski definition) is 0. The zero-order chi connectivity index (χ0) is 12.0. The first-order valence-corrected chi connectivity index (χ1v) is 7.67. The van der Waals surface area contributed by atoms with Gasteiger partial charge < -0.3 is 0 Å². The van der Waals surface area contributed by atoms with Gasteiger partial charge in [0.1, 0.15) is 3.78 Å². The maximum atomic E-state index is 6.75. The quantitative estimate of drug-likeness (QED) is 0.542. The molecule has 0 bridgehead atoms. The van der Waals surface area contributed by atoms with Gasteiger partial charge in [0.2, 0.25) is 0 Å². The van der Waals surface area contributed by atoms with Crippen LogP contribution in [0.1, 0.15) is 16.0 Å². The first kappa shape index (κ1) is 12.0. The van der Waals surface area contributed by atoms with Crippen molar-refractivity contribution in [3.05, 3.63) is 59.7 Å². The van der Waals surface area contributed by atoms with Crippen LogP contribution in [0.5, 0.6) is 0 Å². The second-order valence-electron chi connectivity index (χ2n) is 4.48. The van der Waals surface area contributed by atoms with Crippen LogP contribution in [0.3, 0.4) is 0 Å². The molecule has 0 amide bonds. The summed E-state index contributed by atoms with van der Waals surface area (Å²) in [6, 6.07) is 8.36. The summed E-state index contributed by atoms with van der Waals surface area (Å²) in [5.41, 5.74) is 2.45. The Morgan fingerprint density at radius 3 is 2.65 bits per heavy atom. The van der Waals surface area contributed by atoms with E-state index in [1.807, 2.05) is 6.07 Å². The van der Waals surface area contributed by atoms with E-state index in [-0.39, 0.29) is 5.92 Å². The van der Waals surface area contributed by atoms with Crippen LogP contribution in [0, 0.1) is 11.8 Å². The molecule has 0 aliphatic heterocycles. The van der Waals surface area contributed by atoms with Gasteiger partial charge in [0.05, 0.1) is 0 Å². The van der Waals surface area contributed by atoms with Gasteiger partial charge in [-0.3, -0.25) is 0 Å². The first-order chi connectivity index (χ1) is 8.12. The van der Waals surface area contributed by atoms with E-state index in [1.54, 1.807) is 0 Å². The van der Waals surface area contributed by atoms with Crippen molar-refractivity contribution in [3.8, 4) is 0 Å². The number of benzene rings is 1. The lowest BCUT2D eigenvalue weighted by atomic mass is 9.73. The van der Waals surface area contributed by atoms with E-state index >= 15 is 0 Å². The zero-order valence-corrected chi connectivity index (χ0v) is 12.9. The van der Waals surface area contributed by atoms with E-state index in [9.17, 15) is 0 Å². The molecule has 88 valence electrons. The SMILES string of the molecule is Cl[C@@]1(Br)c2ccccc2[C@H](Br)[C@H]2C=CC=C[C@H]21. The van der Waals surface area contributed by atoms with Gasteiger partial charge in [-0.2, -0.15) is 0 Å². The zero-order valence-electron chi connectivity index (χ0n) is 8.98. The third-order valence-electron chi connectivity index (χ3n) is 3.55. The molecule has 0 aromatic heterocycles. The van der Waals surface area contributed by atoms with Crippen LogP contribution in [0.2, 0.25) is 0 Å². The standard InChI is InChI=1S/C14H11Br2Cl/c15-13-9-5-1-3-7-11(9)14(16,17)12-8-4-2-6-10(12)13/h1-9,11,13H/t9-,11+,13+,14+/m0/s1. The summed E-state index contributed by atoms with van der Waals surface area (Å²) in [6.45, 7) is 0. The molecule has 0 saturated carbocycles. The van der Waals surface area contributed by atoms with Crippen LogP contribution in [-0.4, -0.2) is 0 Å². The highest BCUT2D eigenvalue weighted by Crippen LogP contribution is 2.58. The summed E-state index contributed by atoms with van der Waals surface area (Å²) in [5, 5.41) is 0. The summed E-state index contributed by atoms with van der Waals surface area (Å²) >= 11 is 14.3. The van der Waals surface area contributed by atoms with Gasteiger partial charge in [-0.15, -0.1) is 11.6 Å². The van der Waals surface area contributed by atoms with Crippen LogP contribution >= 0.6 is 43.5 Å². The second-order valence-corrected chi connectivity index (χ2v) is 7.77. The van der Waals surface area contributed by atoms with Gasteiger partial charge in [0, 0.05) is 16.7 Å². The Bertz CT molecular complexity index is 505. The molecule has 0 radical (unpaired) electrons. The van der Waals surface area contributed by atoms with Crippen LogP contribution in [0.25, 0.3) is 0 Å². The molecule has 0 saturated heterocycles. The minimum Gasteiger partial charge on any atom is -0.101 e. The van der Waals surface area contributed by atoms with Crippen LogP contribution < -0.4 is 0 Å². The molecule has 0 fully saturated rings. The van der Waals surface area contributed by atoms with Crippen molar-refractivity contribution >= 4 is 43.5 Å². The topological polar surface area (TPSA) is 0 Å².